The third-order valence-corrected chi connectivity index (χ3v) is 6.26. The zero-order chi connectivity index (χ0) is 14.8. The molecule has 2 saturated carbocycles. The highest BCUT2D eigenvalue weighted by Crippen LogP contribution is 2.49. The van der Waals surface area contributed by atoms with Gasteiger partial charge in [-0.25, -0.2) is 0 Å². The molecule has 3 atom stereocenters. The average molecular weight is 327 g/mol. The van der Waals surface area contributed by atoms with Gasteiger partial charge in [-0.3, -0.25) is 9.59 Å². The number of nitrogens with one attached hydrogen (secondary N) is 1. The number of hydrogen-bond acceptors (Lipinski definition) is 6. The lowest BCUT2D eigenvalue weighted by atomic mass is 9.86. The van der Waals surface area contributed by atoms with Gasteiger partial charge in [-0.15, -0.1) is 10.2 Å². The first-order valence-electron chi connectivity index (χ1n) is 7.08. The van der Waals surface area contributed by atoms with Gasteiger partial charge in [0.05, 0.1) is 5.75 Å². The number of carbonyl (C=O) groups is 2. The number of thioether (sulfide) groups is 1. The number of carboxylic acids is 1. The second kappa shape index (κ2) is 6.31. The summed E-state index contributed by atoms with van der Waals surface area (Å²) in [6.45, 7) is 0. The molecule has 1 heterocycles. The highest BCUT2D eigenvalue weighted by molar-refractivity contribution is 8.01. The standard InChI is InChI=1S/C13H17N3O3S2/c17-10(5-9-4-7-1-2-8(9)3-7)14-12-15-16-13(21-12)20-6-11(18)19/h7-9H,1-6H2,(H,18,19)(H,14,15,17). The van der Waals surface area contributed by atoms with Crippen molar-refractivity contribution in [2.75, 3.05) is 11.1 Å². The SMILES string of the molecule is O=C(O)CSc1nnc(NC(=O)CC2CC3CCC2C3)s1. The zero-order valence-corrected chi connectivity index (χ0v) is 13.1. The molecule has 2 aliphatic carbocycles. The van der Waals surface area contributed by atoms with Gasteiger partial charge in [0.25, 0.3) is 0 Å². The number of rotatable bonds is 6. The van der Waals surface area contributed by atoms with Crippen LogP contribution in [-0.2, 0) is 9.59 Å². The Morgan fingerprint density at radius 1 is 1.33 bits per heavy atom. The molecule has 1 aromatic heterocycles. The summed E-state index contributed by atoms with van der Waals surface area (Å²) in [6, 6.07) is 0. The minimum absolute atomic E-state index is 0.00140. The highest BCUT2D eigenvalue weighted by atomic mass is 32.2. The van der Waals surface area contributed by atoms with Gasteiger partial charge < -0.3 is 10.4 Å². The molecule has 2 N–H and O–H groups in total. The Kier molecular flexibility index (Phi) is 4.44. The molecule has 3 rings (SSSR count). The fourth-order valence-corrected chi connectivity index (χ4v) is 4.97. The van der Waals surface area contributed by atoms with Crippen molar-refractivity contribution in [1.82, 2.24) is 10.2 Å². The van der Waals surface area contributed by atoms with Crippen molar-refractivity contribution >= 4 is 40.1 Å². The number of aliphatic carboxylic acids is 1. The van der Waals surface area contributed by atoms with E-state index in [0.717, 1.165) is 23.6 Å². The van der Waals surface area contributed by atoms with E-state index in [1.807, 2.05) is 0 Å². The highest BCUT2D eigenvalue weighted by Gasteiger charge is 2.40. The van der Waals surface area contributed by atoms with Crippen LogP contribution in [0.3, 0.4) is 0 Å². The summed E-state index contributed by atoms with van der Waals surface area (Å²) < 4.78 is 0.563. The van der Waals surface area contributed by atoms with Crippen LogP contribution < -0.4 is 5.32 Å². The van der Waals surface area contributed by atoms with Crippen LogP contribution in [0.25, 0.3) is 0 Å². The molecule has 2 fully saturated rings. The molecule has 21 heavy (non-hydrogen) atoms. The average Bonchev–Trinajstić information content (AvgIpc) is 3.12. The van der Waals surface area contributed by atoms with Crippen LogP contribution >= 0.6 is 23.1 Å². The first kappa shape index (κ1) is 14.8. The lowest BCUT2D eigenvalue weighted by molar-refractivity contribution is -0.133. The molecule has 1 amide bonds. The molecular formula is C13H17N3O3S2. The molecule has 2 bridgehead atoms. The molecule has 1 aromatic rings. The van der Waals surface area contributed by atoms with E-state index in [4.69, 9.17) is 5.11 Å². The van der Waals surface area contributed by atoms with E-state index in [0.29, 0.717) is 21.8 Å². The van der Waals surface area contributed by atoms with Gasteiger partial charge in [-0.05, 0) is 37.0 Å². The normalized spacial score (nSPS) is 27.0. The molecule has 0 aromatic carbocycles. The summed E-state index contributed by atoms with van der Waals surface area (Å²) in [6.07, 6.45) is 5.67. The molecule has 2 aliphatic rings. The van der Waals surface area contributed by atoms with E-state index in [2.05, 4.69) is 15.5 Å². The molecule has 8 heteroatoms. The van der Waals surface area contributed by atoms with Crippen molar-refractivity contribution in [2.45, 2.75) is 36.4 Å². The topological polar surface area (TPSA) is 92.2 Å². The van der Waals surface area contributed by atoms with Gasteiger partial charge >= 0.3 is 5.97 Å². The number of nitrogens with zero attached hydrogens (tertiary/aromatic N) is 2. The first-order chi connectivity index (χ1) is 10.1. The van der Waals surface area contributed by atoms with Crippen molar-refractivity contribution in [3.05, 3.63) is 0 Å². The van der Waals surface area contributed by atoms with Crippen LogP contribution in [0.15, 0.2) is 4.34 Å². The molecule has 6 nitrogen and oxygen atoms in total. The molecule has 3 unspecified atom stereocenters. The van der Waals surface area contributed by atoms with Crippen molar-refractivity contribution in [1.29, 1.82) is 0 Å². The Morgan fingerprint density at radius 3 is 2.86 bits per heavy atom. The quantitative estimate of drug-likeness (QED) is 0.616. The maximum Gasteiger partial charge on any atom is 0.313 e. The molecule has 114 valence electrons. The van der Waals surface area contributed by atoms with Crippen LogP contribution in [-0.4, -0.2) is 32.9 Å². The molecule has 0 spiro atoms. The fraction of sp³-hybridized carbons (Fsp3) is 0.692. The van der Waals surface area contributed by atoms with Gasteiger partial charge in [-0.2, -0.15) is 0 Å². The van der Waals surface area contributed by atoms with Crippen molar-refractivity contribution in [3.63, 3.8) is 0 Å². The predicted octanol–water partition coefficient (Wildman–Crippen LogP) is 2.48. The number of anilines is 1. The second-order valence-corrected chi connectivity index (χ2v) is 7.94. The Labute approximate surface area is 130 Å². The third kappa shape index (κ3) is 3.74. The Morgan fingerprint density at radius 2 is 2.19 bits per heavy atom. The zero-order valence-electron chi connectivity index (χ0n) is 11.4. The number of carbonyl (C=O) groups excluding carboxylic acids is 1. The lowest BCUT2D eigenvalue weighted by Crippen LogP contribution is -2.20. The minimum Gasteiger partial charge on any atom is -0.481 e. The maximum absolute atomic E-state index is 12.0. The Hall–Kier alpha value is -1.15. The van der Waals surface area contributed by atoms with E-state index in [-0.39, 0.29) is 11.7 Å². The largest absolute Gasteiger partial charge is 0.481 e. The maximum atomic E-state index is 12.0. The van der Waals surface area contributed by atoms with Crippen molar-refractivity contribution in [2.24, 2.45) is 17.8 Å². The van der Waals surface area contributed by atoms with Gasteiger partial charge in [0.1, 0.15) is 0 Å². The third-order valence-electron chi connectivity index (χ3n) is 4.30. The second-order valence-electron chi connectivity index (χ2n) is 5.74. The number of fused-ring (bicyclic) bond motifs is 2. The van der Waals surface area contributed by atoms with Gasteiger partial charge in [0.2, 0.25) is 11.0 Å². The van der Waals surface area contributed by atoms with Crippen molar-refractivity contribution in [3.8, 4) is 0 Å². The van der Waals surface area contributed by atoms with Crippen molar-refractivity contribution < 1.29 is 14.7 Å². The smallest absolute Gasteiger partial charge is 0.313 e. The van der Waals surface area contributed by atoms with Crippen LogP contribution in [0.4, 0.5) is 5.13 Å². The number of amides is 1. The summed E-state index contributed by atoms with van der Waals surface area (Å²) in [5.74, 6) is 1.16. The fourth-order valence-electron chi connectivity index (χ4n) is 3.48. The number of aromatic nitrogens is 2. The summed E-state index contributed by atoms with van der Waals surface area (Å²) in [5.41, 5.74) is 0. The van der Waals surface area contributed by atoms with Crippen LogP contribution in [0.1, 0.15) is 32.1 Å². The van der Waals surface area contributed by atoms with E-state index in [1.54, 1.807) is 0 Å². The van der Waals surface area contributed by atoms with Gasteiger partial charge in [0, 0.05) is 6.42 Å². The van der Waals surface area contributed by atoms with E-state index < -0.39 is 5.97 Å². The summed E-state index contributed by atoms with van der Waals surface area (Å²) in [4.78, 5) is 22.5. The molecule has 0 saturated heterocycles. The first-order valence-corrected chi connectivity index (χ1v) is 8.88. The molecule has 0 radical (unpaired) electrons. The van der Waals surface area contributed by atoms with Gasteiger partial charge in [-0.1, -0.05) is 29.5 Å². The molecule has 0 aliphatic heterocycles. The summed E-state index contributed by atoms with van der Waals surface area (Å²) in [7, 11) is 0. The molecular weight excluding hydrogens is 310 g/mol. The van der Waals surface area contributed by atoms with E-state index in [9.17, 15) is 9.59 Å². The predicted molar refractivity (Wildman–Crippen MR) is 80.5 cm³/mol. The van der Waals surface area contributed by atoms with E-state index >= 15 is 0 Å². The summed E-state index contributed by atoms with van der Waals surface area (Å²) in [5, 5.41) is 19.6. The van der Waals surface area contributed by atoms with Gasteiger partial charge in [0.15, 0.2) is 4.34 Å². The van der Waals surface area contributed by atoms with Crippen LogP contribution in [0, 0.1) is 17.8 Å². The number of carboxylic acid groups (broad SMARTS) is 1. The summed E-state index contributed by atoms with van der Waals surface area (Å²) >= 11 is 2.34. The van der Waals surface area contributed by atoms with E-state index in [1.165, 1.54) is 37.0 Å². The lowest BCUT2D eigenvalue weighted by Gasteiger charge is -2.20. The Bertz CT molecular complexity index is 549. The Balaban J connectivity index is 1.47. The number of hydrogen-bond donors (Lipinski definition) is 2. The minimum atomic E-state index is -0.892. The van der Waals surface area contributed by atoms with Crippen LogP contribution in [0.5, 0.6) is 0 Å². The van der Waals surface area contributed by atoms with Crippen LogP contribution in [0.2, 0.25) is 0 Å². The monoisotopic (exact) mass is 327 g/mol.